The molecule has 0 aliphatic carbocycles. The summed E-state index contributed by atoms with van der Waals surface area (Å²) in [5, 5.41) is 15.3. The highest BCUT2D eigenvalue weighted by molar-refractivity contribution is 6.30. The Hall–Kier alpha value is -3.62. The number of piperazine rings is 1. The number of non-ortho nitro benzene ring substituents is 1. The first kappa shape index (κ1) is 26.0. The number of benzene rings is 3. The summed E-state index contributed by atoms with van der Waals surface area (Å²) in [7, 11) is 1.64. The molecule has 5 rings (SSSR count). The Morgan fingerprint density at radius 3 is 2.68 bits per heavy atom. The van der Waals surface area contributed by atoms with Crippen LogP contribution in [-0.2, 0) is 24.2 Å². The first-order valence-corrected chi connectivity index (χ1v) is 13.2. The zero-order valence-corrected chi connectivity index (χ0v) is 22.1. The first-order chi connectivity index (χ1) is 18.4. The van der Waals surface area contributed by atoms with Gasteiger partial charge in [-0.25, -0.2) is 0 Å². The maximum absolute atomic E-state index is 13.6. The molecule has 9 heteroatoms. The van der Waals surface area contributed by atoms with Crippen LogP contribution in [0.1, 0.15) is 16.7 Å². The molecule has 1 N–H and O–H groups in total. The van der Waals surface area contributed by atoms with Crippen molar-refractivity contribution in [2.75, 3.05) is 38.2 Å². The largest absolute Gasteiger partial charge is 0.496 e. The van der Waals surface area contributed by atoms with E-state index >= 15 is 0 Å². The van der Waals surface area contributed by atoms with Gasteiger partial charge >= 0.3 is 0 Å². The summed E-state index contributed by atoms with van der Waals surface area (Å²) in [5.74, 6) is 0.451. The number of ether oxygens (including phenoxy) is 1. The van der Waals surface area contributed by atoms with Crippen LogP contribution in [0.5, 0.6) is 5.75 Å². The van der Waals surface area contributed by atoms with Gasteiger partial charge in [0.25, 0.3) is 5.69 Å². The van der Waals surface area contributed by atoms with E-state index in [1.807, 2.05) is 54.6 Å². The van der Waals surface area contributed by atoms with Gasteiger partial charge in [0.2, 0.25) is 5.91 Å². The molecule has 8 nitrogen and oxygen atoms in total. The van der Waals surface area contributed by atoms with Crippen molar-refractivity contribution in [3.8, 4) is 5.75 Å². The zero-order chi connectivity index (χ0) is 26.6. The van der Waals surface area contributed by atoms with Gasteiger partial charge in [-0.05, 0) is 53.8 Å². The molecule has 38 heavy (non-hydrogen) atoms. The van der Waals surface area contributed by atoms with E-state index in [2.05, 4.69) is 15.1 Å². The van der Waals surface area contributed by atoms with Crippen molar-refractivity contribution < 1.29 is 14.5 Å². The lowest BCUT2D eigenvalue weighted by Gasteiger charge is -2.49. The van der Waals surface area contributed by atoms with E-state index in [-0.39, 0.29) is 28.5 Å². The second-order valence-electron chi connectivity index (χ2n) is 9.86. The third-order valence-electron chi connectivity index (χ3n) is 7.53. The van der Waals surface area contributed by atoms with Gasteiger partial charge in [0, 0.05) is 55.6 Å². The Balaban J connectivity index is 1.34. The molecule has 0 radical (unpaired) electrons. The average Bonchev–Trinajstić information content (AvgIpc) is 2.93. The molecule has 0 bridgehead atoms. The highest BCUT2D eigenvalue weighted by atomic mass is 35.5. The number of hydrogen-bond acceptors (Lipinski definition) is 6. The van der Waals surface area contributed by atoms with Gasteiger partial charge in [-0.2, -0.15) is 0 Å². The lowest BCUT2D eigenvalue weighted by Crippen LogP contribution is -2.61. The number of carbonyl (C=O) groups excluding carboxylic acids is 1. The zero-order valence-electron chi connectivity index (χ0n) is 21.3. The van der Waals surface area contributed by atoms with Crippen LogP contribution in [0.25, 0.3) is 0 Å². The number of nitro benzene ring substituents is 1. The summed E-state index contributed by atoms with van der Waals surface area (Å²) in [4.78, 5) is 29.3. The fraction of sp³-hybridized carbons (Fsp3) is 0.345. The average molecular weight is 535 g/mol. The molecule has 3 aromatic rings. The van der Waals surface area contributed by atoms with Gasteiger partial charge in [0.15, 0.2) is 0 Å². The van der Waals surface area contributed by atoms with Crippen LogP contribution in [0.15, 0.2) is 66.7 Å². The molecule has 2 aliphatic rings. The van der Waals surface area contributed by atoms with Crippen LogP contribution in [0.2, 0.25) is 5.02 Å². The molecular weight excluding hydrogens is 504 g/mol. The molecule has 1 fully saturated rings. The Morgan fingerprint density at radius 1 is 1.13 bits per heavy atom. The second-order valence-corrected chi connectivity index (χ2v) is 10.3. The maximum atomic E-state index is 13.6. The number of nitro groups is 1. The topological polar surface area (TPSA) is 87.9 Å². The number of amides is 1. The summed E-state index contributed by atoms with van der Waals surface area (Å²) in [6.07, 6.45) is 1.12. The molecular formula is C29H31ClN4O4. The monoisotopic (exact) mass is 534 g/mol. The normalized spacial score (nSPS) is 18.8. The number of hydrogen-bond donors (Lipinski definition) is 1. The lowest BCUT2D eigenvalue weighted by atomic mass is 9.83. The number of fused-ring (bicyclic) bond motifs is 3. The van der Waals surface area contributed by atoms with E-state index in [9.17, 15) is 14.9 Å². The summed E-state index contributed by atoms with van der Waals surface area (Å²) in [5.41, 5.74) is 4.11. The van der Waals surface area contributed by atoms with Crippen molar-refractivity contribution in [1.29, 1.82) is 0 Å². The number of halogens is 1. The van der Waals surface area contributed by atoms with Crippen LogP contribution in [0, 0.1) is 16.0 Å². The summed E-state index contributed by atoms with van der Waals surface area (Å²) < 4.78 is 5.44. The number of rotatable bonds is 8. The third kappa shape index (κ3) is 5.61. The Bertz CT molecular complexity index is 1320. The summed E-state index contributed by atoms with van der Waals surface area (Å²) in [6.45, 7) is 3.56. The van der Waals surface area contributed by atoms with Gasteiger partial charge in [0.05, 0.1) is 24.0 Å². The summed E-state index contributed by atoms with van der Waals surface area (Å²) in [6, 6.07) is 20.6. The minimum absolute atomic E-state index is 0.0274. The molecule has 2 heterocycles. The minimum atomic E-state index is -0.376. The number of nitrogens with one attached hydrogen (secondary N) is 1. The molecule has 3 aromatic carbocycles. The number of para-hydroxylation sites is 1. The predicted molar refractivity (Wildman–Crippen MR) is 148 cm³/mol. The van der Waals surface area contributed by atoms with E-state index in [0.717, 1.165) is 48.7 Å². The van der Waals surface area contributed by atoms with Crippen LogP contribution >= 0.6 is 11.6 Å². The fourth-order valence-electron chi connectivity index (χ4n) is 5.64. The quantitative estimate of drug-likeness (QED) is 0.339. The minimum Gasteiger partial charge on any atom is -0.496 e. The van der Waals surface area contributed by atoms with Crippen LogP contribution in [0.4, 0.5) is 11.4 Å². The van der Waals surface area contributed by atoms with Gasteiger partial charge in [-0.1, -0.05) is 41.9 Å². The predicted octanol–water partition coefficient (Wildman–Crippen LogP) is 4.48. The fourth-order valence-corrected chi connectivity index (χ4v) is 5.76. The van der Waals surface area contributed by atoms with Crippen molar-refractivity contribution in [2.45, 2.75) is 25.4 Å². The molecule has 2 unspecified atom stereocenters. The van der Waals surface area contributed by atoms with Gasteiger partial charge in [0.1, 0.15) is 5.75 Å². The summed E-state index contributed by atoms with van der Waals surface area (Å²) >= 11 is 6.06. The van der Waals surface area contributed by atoms with E-state index in [4.69, 9.17) is 16.3 Å². The molecule has 2 atom stereocenters. The Morgan fingerprint density at radius 2 is 1.92 bits per heavy atom. The van der Waals surface area contributed by atoms with Gasteiger partial charge in [-0.3, -0.25) is 19.8 Å². The molecule has 0 aromatic heterocycles. The van der Waals surface area contributed by atoms with Crippen LogP contribution < -0.4 is 15.0 Å². The number of carbonyl (C=O) groups is 1. The molecule has 0 spiro atoms. The van der Waals surface area contributed by atoms with Crippen LogP contribution in [0.3, 0.4) is 0 Å². The van der Waals surface area contributed by atoms with E-state index in [0.29, 0.717) is 24.4 Å². The highest BCUT2D eigenvalue weighted by Crippen LogP contribution is 2.38. The smallest absolute Gasteiger partial charge is 0.269 e. The maximum Gasteiger partial charge on any atom is 0.269 e. The first-order valence-electron chi connectivity index (χ1n) is 12.8. The third-order valence-corrected chi connectivity index (χ3v) is 7.78. The Kier molecular flexibility index (Phi) is 7.81. The van der Waals surface area contributed by atoms with Crippen molar-refractivity contribution in [3.63, 3.8) is 0 Å². The standard InChI is InChI=1S/C29H31ClN4O4/c1-38-28-5-3-2-4-21(28)12-13-31-29(35)25-17-22-16-24(34(36)37)10-11-26(22)33-15-14-32(19-27(25)33)18-20-6-8-23(30)9-7-20/h2-11,16,25,27H,12-15,17-19H2,1H3,(H,31,35). The van der Waals surface area contributed by atoms with E-state index in [1.54, 1.807) is 19.2 Å². The number of methoxy groups -OCH3 is 1. The number of anilines is 1. The van der Waals surface area contributed by atoms with Gasteiger partial charge in [-0.15, -0.1) is 0 Å². The van der Waals surface area contributed by atoms with Gasteiger partial charge < -0.3 is 15.0 Å². The van der Waals surface area contributed by atoms with E-state index in [1.165, 1.54) is 5.56 Å². The van der Waals surface area contributed by atoms with Crippen molar-refractivity contribution in [1.82, 2.24) is 10.2 Å². The number of nitrogens with zero attached hydrogens (tertiary/aromatic N) is 3. The molecule has 1 amide bonds. The molecule has 1 saturated heterocycles. The molecule has 198 valence electrons. The van der Waals surface area contributed by atoms with E-state index < -0.39 is 0 Å². The lowest BCUT2D eigenvalue weighted by molar-refractivity contribution is -0.384. The SMILES string of the molecule is COc1ccccc1CCNC(=O)C1Cc2cc([N+](=O)[O-])ccc2N2CCN(Cc3ccc(Cl)cc3)CC12. The Labute approximate surface area is 227 Å². The van der Waals surface area contributed by atoms with Crippen LogP contribution in [-0.4, -0.2) is 55.1 Å². The molecule has 0 saturated carbocycles. The second kappa shape index (κ2) is 11.4. The van der Waals surface area contributed by atoms with Crippen molar-refractivity contribution in [2.24, 2.45) is 5.92 Å². The molecule has 2 aliphatic heterocycles. The van der Waals surface area contributed by atoms with Crippen molar-refractivity contribution >= 4 is 28.9 Å². The van der Waals surface area contributed by atoms with Crippen molar-refractivity contribution in [3.05, 3.63) is 98.6 Å². The highest BCUT2D eigenvalue weighted by Gasteiger charge is 2.41.